The maximum Gasteiger partial charge on any atom is 0.282 e. The molecule has 0 radical (unpaired) electrons. The molecule has 0 saturated heterocycles. The summed E-state index contributed by atoms with van der Waals surface area (Å²) >= 11 is 0. The number of hydrogen-bond acceptors (Lipinski definition) is 6. The third kappa shape index (κ3) is 6.07. The van der Waals surface area contributed by atoms with Crippen molar-refractivity contribution in [3.05, 3.63) is 119 Å². The largest absolute Gasteiger partial charge is 0.490 e. The second-order valence-corrected chi connectivity index (χ2v) is 9.02. The lowest BCUT2D eigenvalue weighted by molar-refractivity contribution is -0.118. The number of nitrogens with zero attached hydrogens (tertiary/aromatic N) is 3. The first kappa shape index (κ1) is 26.4. The number of benzene rings is 4. The van der Waals surface area contributed by atoms with Gasteiger partial charge in [-0.2, -0.15) is 9.78 Å². The van der Waals surface area contributed by atoms with Gasteiger partial charge in [0, 0.05) is 11.3 Å². The lowest BCUT2D eigenvalue weighted by Crippen LogP contribution is -2.20. The molecule has 1 heterocycles. The van der Waals surface area contributed by atoms with Crippen LogP contribution in [0.15, 0.2) is 107 Å². The van der Waals surface area contributed by atoms with Gasteiger partial charge in [0.2, 0.25) is 0 Å². The van der Waals surface area contributed by atoms with Crippen LogP contribution < -0.4 is 20.3 Å². The number of amides is 1. The number of aromatic nitrogens is 2. The number of aryl methyl sites for hydroxylation is 1. The van der Waals surface area contributed by atoms with Gasteiger partial charge >= 0.3 is 0 Å². The van der Waals surface area contributed by atoms with E-state index < -0.39 is 0 Å². The molecular formula is C32H28N4O4. The molecule has 200 valence electrons. The Kier molecular flexibility index (Phi) is 7.97. The molecule has 1 amide bonds. The van der Waals surface area contributed by atoms with Crippen molar-refractivity contribution < 1.29 is 14.3 Å². The fraction of sp³-hybridized carbons (Fsp3) is 0.125. The van der Waals surface area contributed by atoms with Gasteiger partial charge in [0.1, 0.15) is 0 Å². The normalized spacial score (nSPS) is 11.1. The number of ether oxygens (including phenoxy) is 2. The summed E-state index contributed by atoms with van der Waals surface area (Å²) in [5, 5.41) is 7.80. The van der Waals surface area contributed by atoms with Crippen molar-refractivity contribution in [3.8, 4) is 22.9 Å². The topological polar surface area (TPSA) is 94.8 Å². The van der Waals surface area contributed by atoms with E-state index in [9.17, 15) is 9.59 Å². The first-order valence-electron chi connectivity index (χ1n) is 12.9. The van der Waals surface area contributed by atoms with E-state index in [1.165, 1.54) is 4.68 Å². The zero-order valence-electron chi connectivity index (χ0n) is 22.2. The van der Waals surface area contributed by atoms with Crippen molar-refractivity contribution in [2.75, 3.05) is 18.5 Å². The molecule has 0 fully saturated rings. The van der Waals surface area contributed by atoms with Crippen LogP contribution in [-0.2, 0) is 4.79 Å². The summed E-state index contributed by atoms with van der Waals surface area (Å²) in [5.74, 6) is 1.04. The van der Waals surface area contributed by atoms with Gasteiger partial charge < -0.3 is 14.8 Å². The van der Waals surface area contributed by atoms with Crippen LogP contribution >= 0.6 is 0 Å². The van der Waals surface area contributed by atoms with E-state index in [2.05, 4.69) is 10.4 Å². The van der Waals surface area contributed by atoms with Crippen molar-refractivity contribution in [1.82, 2.24) is 9.66 Å². The zero-order valence-corrected chi connectivity index (χ0v) is 22.2. The SMILES string of the molecule is CCOc1cc(C=Nn2c(-c3ccccc3)nc3ccccc3c2=O)ccc1OCC(=O)Nc1ccc(C)cc1. The smallest absolute Gasteiger partial charge is 0.282 e. The molecule has 0 atom stereocenters. The standard InChI is InChI=1S/C32H28N4O4/c1-3-39-29-19-23(15-18-28(29)40-21-30(37)34-25-16-13-22(2)14-17-25)20-33-36-31(24-9-5-4-6-10-24)35-27-12-8-7-11-26(27)32(36)38/h4-20H,3,21H2,1-2H3,(H,34,37). The van der Waals surface area contributed by atoms with Crippen LogP contribution in [-0.4, -0.2) is 35.0 Å². The molecular weight excluding hydrogens is 504 g/mol. The second kappa shape index (κ2) is 12.1. The van der Waals surface area contributed by atoms with E-state index in [0.29, 0.717) is 46.1 Å². The number of fused-ring (bicyclic) bond motifs is 1. The van der Waals surface area contributed by atoms with E-state index >= 15 is 0 Å². The molecule has 0 unspecified atom stereocenters. The first-order valence-corrected chi connectivity index (χ1v) is 12.9. The van der Waals surface area contributed by atoms with Crippen molar-refractivity contribution in [2.24, 2.45) is 5.10 Å². The Morgan fingerprint density at radius 1 is 0.925 bits per heavy atom. The van der Waals surface area contributed by atoms with Crippen LogP contribution in [0, 0.1) is 6.92 Å². The highest BCUT2D eigenvalue weighted by molar-refractivity contribution is 5.92. The number of nitrogens with one attached hydrogen (secondary N) is 1. The Labute approximate surface area is 231 Å². The van der Waals surface area contributed by atoms with Crippen molar-refractivity contribution >= 4 is 28.7 Å². The fourth-order valence-corrected chi connectivity index (χ4v) is 4.10. The summed E-state index contributed by atoms with van der Waals surface area (Å²) in [7, 11) is 0. The predicted molar refractivity (Wildman–Crippen MR) is 157 cm³/mol. The van der Waals surface area contributed by atoms with Crippen LogP contribution in [0.25, 0.3) is 22.3 Å². The third-order valence-electron chi connectivity index (χ3n) is 6.07. The Hall–Kier alpha value is -5.24. The summed E-state index contributed by atoms with van der Waals surface area (Å²) < 4.78 is 12.8. The van der Waals surface area contributed by atoms with Gasteiger partial charge in [-0.25, -0.2) is 4.98 Å². The predicted octanol–water partition coefficient (Wildman–Crippen LogP) is 5.67. The minimum absolute atomic E-state index is 0.181. The molecule has 8 nitrogen and oxygen atoms in total. The summed E-state index contributed by atoms with van der Waals surface area (Å²) in [6, 6.07) is 29.4. The minimum atomic E-state index is -0.284. The lowest BCUT2D eigenvalue weighted by atomic mass is 10.2. The zero-order chi connectivity index (χ0) is 27.9. The summed E-state index contributed by atoms with van der Waals surface area (Å²) in [6.45, 7) is 4.07. The maximum atomic E-state index is 13.4. The molecule has 40 heavy (non-hydrogen) atoms. The Bertz CT molecular complexity index is 1730. The van der Waals surface area contributed by atoms with Gasteiger partial charge in [-0.3, -0.25) is 9.59 Å². The summed E-state index contributed by atoms with van der Waals surface area (Å²) in [4.78, 5) is 30.5. The van der Waals surface area contributed by atoms with E-state index in [0.717, 1.165) is 11.1 Å². The molecule has 0 aliphatic heterocycles. The molecule has 1 N–H and O–H groups in total. The number of rotatable bonds is 9. The quantitative estimate of drug-likeness (QED) is 0.247. The number of hydrogen-bond donors (Lipinski definition) is 1. The summed E-state index contributed by atoms with van der Waals surface area (Å²) in [5.41, 5.74) is 3.58. The van der Waals surface area contributed by atoms with Crippen LogP contribution in [0.2, 0.25) is 0 Å². The third-order valence-corrected chi connectivity index (χ3v) is 6.07. The molecule has 5 aromatic rings. The van der Waals surface area contributed by atoms with Crippen molar-refractivity contribution in [1.29, 1.82) is 0 Å². The second-order valence-electron chi connectivity index (χ2n) is 9.02. The molecule has 0 spiro atoms. The van der Waals surface area contributed by atoms with Gasteiger partial charge in [-0.15, -0.1) is 0 Å². The Morgan fingerprint density at radius 3 is 2.45 bits per heavy atom. The van der Waals surface area contributed by atoms with Crippen LogP contribution in [0.3, 0.4) is 0 Å². The molecule has 1 aromatic heterocycles. The van der Waals surface area contributed by atoms with Gasteiger partial charge in [-0.1, -0.05) is 60.2 Å². The van der Waals surface area contributed by atoms with Gasteiger partial charge in [0.15, 0.2) is 23.9 Å². The Morgan fingerprint density at radius 2 is 1.68 bits per heavy atom. The minimum Gasteiger partial charge on any atom is -0.490 e. The van der Waals surface area contributed by atoms with Crippen LogP contribution in [0.5, 0.6) is 11.5 Å². The lowest BCUT2D eigenvalue weighted by Gasteiger charge is -2.13. The van der Waals surface area contributed by atoms with Gasteiger partial charge in [0.25, 0.3) is 11.5 Å². The van der Waals surface area contributed by atoms with E-state index in [-0.39, 0.29) is 18.1 Å². The molecule has 0 bridgehead atoms. The number of para-hydroxylation sites is 1. The molecule has 0 saturated carbocycles. The Balaban J connectivity index is 1.40. The highest BCUT2D eigenvalue weighted by atomic mass is 16.5. The first-order chi connectivity index (χ1) is 19.5. The monoisotopic (exact) mass is 532 g/mol. The van der Waals surface area contributed by atoms with Crippen molar-refractivity contribution in [2.45, 2.75) is 13.8 Å². The molecule has 0 aliphatic carbocycles. The van der Waals surface area contributed by atoms with Crippen LogP contribution in [0.1, 0.15) is 18.1 Å². The average molecular weight is 533 g/mol. The van der Waals surface area contributed by atoms with Gasteiger partial charge in [-0.05, 0) is 61.9 Å². The van der Waals surface area contributed by atoms with Crippen molar-refractivity contribution in [3.63, 3.8) is 0 Å². The van der Waals surface area contributed by atoms with Crippen LogP contribution in [0.4, 0.5) is 5.69 Å². The highest BCUT2D eigenvalue weighted by Gasteiger charge is 2.13. The fourth-order valence-electron chi connectivity index (χ4n) is 4.10. The van der Waals surface area contributed by atoms with E-state index in [1.807, 2.05) is 80.6 Å². The van der Waals surface area contributed by atoms with E-state index in [4.69, 9.17) is 14.5 Å². The molecule has 8 heteroatoms. The molecule has 5 rings (SSSR count). The van der Waals surface area contributed by atoms with E-state index in [1.54, 1.807) is 36.5 Å². The number of carbonyl (C=O) groups is 1. The number of carbonyl (C=O) groups excluding carboxylic acids is 1. The molecule has 4 aromatic carbocycles. The highest BCUT2D eigenvalue weighted by Crippen LogP contribution is 2.28. The number of anilines is 1. The summed E-state index contributed by atoms with van der Waals surface area (Å²) in [6.07, 6.45) is 1.57. The average Bonchev–Trinajstić information content (AvgIpc) is 2.98. The maximum absolute atomic E-state index is 13.4. The molecule has 0 aliphatic rings. The van der Waals surface area contributed by atoms with Gasteiger partial charge in [0.05, 0.1) is 23.7 Å².